The highest BCUT2D eigenvalue weighted by atomic mass is 16.6. The molecule has 0 saturated carbocycles. The zero-order valence-electron chi connectivity index (χ0n) is 22.9. The van der Waals surface area contributed by atoms with Gasteiger partial charge in [0.1, 0.15) is 0 Å². The van der Waals surface area contributed by atoms with Crippen LogP contribution >= 0.6 is 0 Å². The molecule has 0 aliphatic carbocycles. The van der Waals surface area contributed by atoms with Crippen LogP contribution < -0.4 is 16.0 Å². The number of rotatable bonds is 10. The SMILES string of the molecule is CCC(CCN1CCOCC1)C(=O)Nc1ccc(N/C(=C2\C(=O)Nc3ccc([N+](=O)[O-])cc32)c2ccccc2)cc1. The Kier molecular flexibility index (Phi) is 8.71. The molecule has 0 spiro atoms. The van der Waals surface area contributed by atoms with E-state index in [2.05, 4.69) is 20.9 Å². The van der Waals surface area contributed by atoms with E-state index in [9.17, 15) is 19.7 Å². The predicted octanol–water partition coefficient (Wildman–Crippen LogP) is 5.21. The van der Waals surface area contributed by atoms with E-state index in [0.29, 0.717) is 33.9 Å². The first-order valence-corrected chi connectivity index (χ1v) is 13.8. The summed E-state index contributed by atoms with van der Waals surface area (Å²) in [6.07, 6.45) is 1.54. The van der Waals surface area contributed by atoms with Gasteiger partial charge in [-0.2, -0.15) is 0 Å². The number of nitrogens with one attached hydrogen (secondary N) is 3. The average Bonchev–Trinajstić information content (AvgIpc) is 3.32. The van der Waals surface area contributed by atoms with E-state index in [-0.39, 0.29) is 23.4 Å². The van der Waals surface area contributed by atoms with Crippen molar-refractivity contribution in [3.63, 3.8) is 0 Å². The third kappa shape index (κ3) is 6.62. The van der Waals surface area contributed by atoms with Gasteiger partial charge in [0.25, 0.3) is 11.6 Å². The Hall–Kier alpha value is -4.54. The maximum atomic E-state index is 13.1. The summed E-state index contributed by atoms with van der Waals surface area (Å²) in [6, 6.07) is 21.0. The number of fused-ring (bicyclic) bond motifs is 1. The molecule has 0 bridgehead atoms. The number of nitro benzene ring substituents is 1. The molecule has 2 aliphatic rings. The van der Waals surface area contributed by atoms with Gasteiger partial charge in [-0.15, -0.1) is 0 Å². The van der Waals surface area contributed by atoms with Gasteiger partial charge in [-0.25, -0.2) is 0 Å². The maximum Gasteiger partial charge on any atom is 0.270 e. The summed E-state index contributed by atoms with van der Waals surface area (Å²) in [4.78, 5) is 39.4. The molecular weight excluding hydrogens is 522 g/mol. The number of carbonyl (C=O) groups excluding carboxylic acids is 2. The predicted molar refractivity (Wildman–Crippen MR) is 159 cm³/mol. The van der Waals surface area contributed by atoms with Crippen molar-refractivity contribution in [3.05, 3.63) is 94.0 Å². The minimum atomic E-state index is -0.477. The van der Waals surface area contributed by atoms with Crippen molar-refractivity contribution in [2.24, 2.45) is 5.92 Å². The molecule has 2 aliphatic heterocycles. The van der Waals surface area contributed by atoms with Crippen molar-refractivity contribution >= 4 is 45.8 Å². The molecule has 10 nitrogen and oxygen atoms in total. The summed E-state index contributed by atoms with van der Waals surface area (Å²) in [6.45, 7) is 6.18. The molecule has 0 radical (unpaired) electrons. The number of anilines is 3. The molecule has 3 aromatic carbocycles. The second-order valence-corrected chi connectivity index (χ2v) is 10.1. The highest BCUT2D eigenvalue weighted by Crippen LogP contribution is 2.39. The van der Waals surface area contributed by atoms with Crippen LogP contribution in [0.2, 0.25) is 0 Å². The lowest BCUT2D eigenvalue weighted by molar-refractivity contribution is -0.384. The zero-order chi connectivity index (χ0) is 28.8. The minimum Gasteiger partial charge on any atom is -0.379 e. The number of ether oxygens (including phenoxy) is 1. The third-order valence-electron chi connectivity index (χ3n) is 7.45. The van der Waals surface area contributed by atoms with E-state index < -0.39 is 4.92 Å². The molecule has 10 heteroatoms. The molecular formula is C31H33N5O5. The van der Waals surface area contributed by atoms with Gasteiger partial charge in [0.15, 0.2) is 0 Å². The highest BCUT2D eigenvalue weighted by Gasteiger charge is 2.30. The van der Waals surface area contributed by atoms with Crippen molar-refractivity contribution in [1.29, 1.82) is 0 Å². The summed E-state index contributed by atoms with van der Waals surface area (Å²) in [7, 11) is 0. The van der Waals surface area contributed by atoms with Crippen LogP contribution in [-0.2, 0) is 14.3 Å². The largest absolute Gasteiger partial charge is 0.379 e. The first-order chi connectivity index (χ1) is 19.9. The Balaban J connectivity index is 1.35. The van der Waals surface area contributed by atoms with E-state index in [4.69, 9.17) is 4.74 Å². The van der Waals surface area contributed by atoms with Crippen LogP contribution in [0.3, 0.4) is 0 Å². The molecule has 1 atom stereocenters. The summed E-state index contributed by atoms with van der Waals surface area (Å²) in [5, 5.41) is 20.6. The number of nitro groups is 1. The molecule has 1 fully saturated rings. The van der Waals surface area contributed by atoms with E-state index in [1.807, 2.05) is 61.5 Å². The van der Waals surface area contributed by atoms with Gasteiger partial charge in [0.05, 0.1) is 29.4 Å². The van der Waals surface area contributed by atoms with E-state index >= 15 is 0 Å². The number of benzene rings is 3. The van der Waals surface area contributed by atoms with Gasteiger partial charge in [0.2, 0.25) is 5.91 Å². The molecule has 5 rings (SSSR count). The Morgan fingerprint density at radius 1 is 1.02 bits per heavy atom. The fourth-order valence-corrected chi connectivity index (χ4v) is 5.11. The van der Waals surface area contributed by atoms with Gasteiger partial charge in [-0.05, 0) is 55.3 Å². The normalized spacial score (nSPS) is 16.9. The Bertz CT molecular complexity index is 1450. The van der Waals surface area contributed by atoms with Gasteiger partial charge in [-0.3, -0.25) is 24.6 Å². The highest BCUT2D eigenvalue weighted by molar-refractivity contribution is 6.37. The number of carbonyl (C=O) groups is 2. The number of amides is 2. The molecule has 1 unspecified atom stereocenters. The summed E-state index contributed by atoms with van der Waals surface area (Å²) < 4.78 is 5.41. The number of morpholine rings is 1. The Morgan fingerprint density at radius 2 is 1.71 bits per heavy atom. The molecule has 3 aromatic rings. The molecule has 2 amide bonds. The van der Waals surface area contributed by atoms with Crippen molar-refractivity contribution in [1.82, 2.24) is 4.90 Å². The van der Waals surface area contributed by atoms with E-state index in [1.165, 1.54) is 12.1 Å². The first-order valence-electron chi connectivity index (χ1n) is 13.8. The monoisotopic (exact) mass is 555 g/mol. The summed E-state index contributed by atoms with van der Waals surface area (Å²) in [5.74, 6) is -0.442. The summed E-state index contributed by atoms with van der Waals surface area (Å²) >= 11 is 0. The quantitative estimate of drug-likeness (QED) is 0.178. The van der Waals surface area contributed by atoms with Crippen LogP contribution in [0.1, 0.15) is 30.9 Å². The van der Waals surface area contributed by atoms with Gasteiger partial charge in [0, 0.05) is 53.8 Å². The Labute approximate surface area is 238 Å². The van der Waals surface area contributed by atoms with Crippen LogP contribution in [0.25, 0.3) is 11.3 Å². The average molecular weight is 556 g/mol. The van der Waals surface area contributed by atoms with Crippen LogP contribution in [-0.4, -0.2) is 54.5 Å². The van der Waals surface area contributed by atoms with Crippen LogP contribution in [0, 0.1) is 16.0 Å². The van der Waals surface area contributed by atoms with Gasteiger partial charge in [-0.1, -0.05) is 37.3 Å². The van der Waals surface area contributed by atoms with Crippen LogP contribution in [0.5, 0.6) is 0 Å². The summed E-state index contributed by atoms with van der Waals surface area (Å²) in [5.41, 5.74) is 3.84. The number of hydrogen-bond donors (Lipinski definition) is 3. The molecule has 0 aromatic heterocycles. The van der Waals surface area contributed by atoms with Crippen LogP contribution in [0.15, 0.2) is 72.8 Å². The van der Waals surface area contributed by atoms with Crippen molar-refractivity contribution in [2.75, 3.05) is 48.8 Å². The number of nitrogens with zero attached hydrogens (tertiary/aromatic N) is 2. The third-order valence-corrected chi connectivity index (χ3v) is 7.45. The molecule has 41 heavy (non-hydrogen) atoms. The van der Waals surface area contributed by atoms with Crippen molar-refractivity contribution in [2.45, 2.75) is 19.8 Å². The van der Waals surface area contributed by atoms with E-state index in [1.54, 1.807) is 6.07 Å². The molecule has 3 N–H and O–H groups in total. The molecule has 1 saturated heterocycles. The Morgan fingerprint density at radius 3 is 2.37 bits per heavy atom. The van der Waals surface area contributed by atoms with Crippen molar-refractivity contribution < 1.29 is 19.2 Å². The molecule has 212 valence electrons. The first kappa shape index (κ1) is 28.0. The lowest BCUT2D eigenvalue weighted by Crippen LogP contribution is -2.38. The lowest BCUT2D eigenvalue weighted by Gasteiger charge is -2.27. The second kappa shape index (κ2) is 12.8. The molecule has 2 heterocycles. The smallest absolute Gasteiger partial charge is 0.270 e. The minimum absolute atomic E-state index is 0.00520. The number of hydrogen-bond acceptors (Lipinski definition) is 7. The van der Waals surface area contributed by atoms with Crippen LogP contribution in [0.4, 0.5) is 22.7 Å². The zero-order valence-corrected chi connectivity index (χ0v) is 22.9. The van der Waals surface area contributed by atoms with Gasteiger partial charge < -0.3 is 20.7 Å². The topological polar surface area (TPSA) is 126 Å². The standard InChI is InChI=1S/C31H33N5O5/c1-2-21(14-15-35-16-18-41-19-17-35)30(37)33-24-10-8-23(9-11-24)32-29(22-6-4-3-5-7-22)28-26-20-25(36(39)40)12-13-27(26)34-31(28)38/h3-13,20-21,32H,2,14-19H2,1H3,(H,33,37)(H,34,38)/b29-28-. The van der Waals surface area contributed by atoms with Gasteiger partial charge >= 0.3 is 0 Å². The van der Waals surface area contributed by atoms with E-state index in [0.717, 1.165) is 51.3 Å². The number of non-ortho nitro benzene ring substituents is 1. The maximum absolute atomic E-state index is 13.1. The van der Waals surface area contributed by atoms with Crippen molar-refractivity contribution in [3.8, 4) is 0 Å². The fourth-order valence-electron chi connectivity index (χ4n) is 5.11. The fraction of sp³-hybridized carbons (Fsp3) is 0.290. The lowest BCUT2D eigenvalue weighted by atomic mass is 9.99. The second-order valence-electron chi connectivity index (χ2n) is 10.1.